The van der Waals surface area contributed by atoms with E-state index >= 15 is 0 Å². The van der Waals surface area contributed by atoms with E-state index in [1.807, 2.05) is 6.20 Å². The molecule has 0 fully saturated rings. The summed E-state index contributed by atoms with van der Waals surface area (Å²) in [6.45, 7) is 11.0. The summed E-state index contributed by atoms with van der Waals surface area (Å²) in [5, 5.41) is 7.95. The van der Waals surface area contributed by atoms with E-state index in [1.165, 1.54) is 18.5 Å². The molecule has 1 heterocycles. The first-order valence-electron chi connectivity index (χ1n) is 6.93. The quantitative estimate of drug-likeness (QED) is 0.753. The van der Waals surface area contributed by atoms with Crippen molar-refractivity contribution in [3.05, 3.63) is 18.0 Å². The highest BCUT2D eigenvalue weighted by Crippen LogP contribution is 2.11. The Labute approximate surface area is 106 Å². The van der Waals surface area contributed by atoms with E-state index < -0.39 is 0 Å². The van der Waals surface area contributed by atoms with Crippen LogP contribution in [0.2, 0.25) is 0 Å². The zero-order chi connectivity index (χ0) is 12.7. The largest absolute Gasteiger partial charge is 0.314 e. The molecule has 0 amide bonds. The van der Waals surface area contributed by atoms with Gasteiger partial charge in [0.15, 0.2) is 0 Å². The van der Waals surface area contributed by atoms with Crippen LogP contribution in [0.15, 0.2) is 12.3 Å². The van der Waals surface area contributed by atoms with Gasteiger partial charge in [-0.2, -0.15) is 5.10 Å². The monoisotopic (exact) mass is 237 g/mol. The van der Waals surface area contributed by atoms with Gasteiger partial charge in [-0.3, -0.25) is 4.68 Å². The van der Waals surface area contributed by atoms with Crippen molar-refractivity contribution < 1.29 is 0 Å². The molecule has 0 aromatic carbocycles. The minimum absolute atomic E-state index is 0.621. The van der Waals surface area contributed by atoms with E-state index in [1.54, 1.807) is 0 Å². The summed E-state index contributed by atoms with van der Waals surface area (Å²) >= 11 is 0. The van der Waals surface area contributed by atoms with Crippen LogP contribution in [-0.4, -0.2) is 22.4 Å². The molecule has 0 aliphatic carbocycles. The van der Waals surface area contributed by atoms with Crippen LogP contribution in [-0.2, 0) is 13.0 Å². The second-order valence-electron chi connectivity index (χ2n) is 4.98. The molecule has 0 saturated carbocycles. The number of aryl methyl sites for hydroxylation is 2. The summed E-state index contributed by atoms with van der Waals surface area (Å²) in [6, 6.07) is 2.76. The van der Waals surface area contributed by atoms with Gasteiger partial charge < -0.3 is 5.32 Å². The fraction of sp³-hybridized carbons (Fsp3) is 0.786. The molecule has 98 valence electrons. The first-order chi connectivity index (χ1) is 8.19. The number of hydrogen-bond acceptors (Lipinski definition) is 2. The van der Waals surface area contributed by atoms with Crippen molar-refractivity contribution in [3.63, 3.8) is 0 Å². The van der Waals surface area contributed by atoms with Crippen LogP contribution in [0.3, 0.4) is 0 Å². The predicted octanol–water partition coefficient (Wildman–Crippen LogP) is 2.86. The molecule has 17 heavy (non-hydrogen) atoms. The smallest absolute Gasteiger partial charge is 0.0492 e. The molecule has 0 radical (unpaired) electrons. The lowest BCUT2D eigenvalue weighted by Crippen LogP contribution is -2.35. The lowest BCUT2D eigenvalue weighted by molar-refractivity contribution is 0.374. The van der Waals surface area contributed by atoms with Gasteiger partial charge in [0, 0.05) is 24.5 Å². The fourth-order valence-electron chi connectivity index (χ4n) is 2.16. The minimum Gasteiger partial charge on any atom is -0.314 e. The third kappa shape index (κ3) is 4.50. The van der Waals surface area contributed by atoms with E-state index in [9.17, 15) is 0 Å². The fourth-order valence-corrected chi connectivity index (χ4v) is 2.16. The van der Waals surface area contributed by atoms with E-state index in [0.717, 1.165) is 19.5 Å². The zero-order valence-corrected chi connectivity index (χ0v) is 11.7. The number of hydrogen-bond donors (Lipinski definition) is 1. The SMILES string of the molecule is CCCNC(CCc1ccnn1CC)C(C)C. The molecular formula is C14H27N3. The predicted molar refractivity (Wildman–Crippen MR) is 73.1 cm³/mol. The standard InChI is InChI=1S/C14H27N3/c1-5-10-15-14(12(3)4)8-7-13-9-11-16-17(13)6-2/h9,11-12,14-15H,5-8,10H2,1-4H3. The Morgan fingerprint density at radius 2 is 2.12 bits per heavy atom. The number of nitrogens with one attached hydrogen (secondary N) is 1. The maximum Gasteiger partial charge on any atom is 0.0492 e. The van der Waals surface area contributed by atoms with Gasteiger partial charge in [-0.1, -0.05) is 20.8 Å². The van der Waals surface area contributed by atoms with E-state index in [4.69, 9.17) is 0 Å². The van der Waals surface area contributed by atoms with Crippen LogP contribution in [0.5, 0.6) is 0 Å². The first-order valence-corrected chi connectivity index (χ1v) is 6.93. The molecule has 1 rings (SSSR count). The molecule has 0 aliphatic rings. The van der Waals surface area contributed by atoms with Crippen LogP contribution < -0.4 is 5.32 Å². The lowest BCUT2D eigenvalue weighted by Gasteiger charge is -2.22. The van der Waals surface area contributed by atoms with Crippen LogP contribution in [0.25, 0.3) is 0 Å². The minimum atomic E-state index is 0.621. The summed E-state index contributed by atoms with van der Waals surface area (Å²) in [5.41, 5.74) is 1.36. The average Bonchev–Trinajstić information content (AvgIpc) is 2.76. The van der Waals surface area contributed by atoms with Gasteiger partial charge in [0.1, 0.15) is 0 Å². The Balaban J connectivity index is 2.45. The number of rotatable bonds is 8. The highest BCUT2D eigenvalue weighted by molar-refractivity contribution is 5.01. The van der Waals surface area contributed by atoms with Gasteiger partial charge in [-0.15, -0.1) is 0 Å². The molecule has 1 aromatic rings. The van der Waals surface area contributed by atoms with E-state index in [-0.39, 0.29) is 0 Å². The van der Waals surface area contributed by atoms with Crippen molar-refractivity contribution >= 4 is 0 Å². The van der Waals surface area contributed by atoms with Gasteiger partial charge in [0.25, 0.3) is 0 Å². The van der Waals surface area contributed by atoms with Crippen molar-refractivity contribution in [3.8, 4) is 0 Å². The van der Waals surface area contributed by atoms with Crippen molar-refractivity contribution in [1.82, 2.24) is 15.1 Å². The summed E-state index contributed by atoms with van der Waals surface area (Å²) in [4.78, 5) is 0. The van der Waals surface area contributed by atoms with Gasteiger partial charge in [-0.05, 0) is 44.7 Å². The third-order valence-corrected chi connectivity index (χ3v) is 3.28. The molecule has 1 atom stereocenters. The Bertz CT molecular complexity index is 304. The number of aromatic nitrogens is 2. The lowest BCUT2D eigenvalue weighted by atomic mass is 9.98. The molecule has 1 unspecified atom stereocenters. The maximum absolute atomic E-state index is 4.32. The number of nitrogens with zero attached hydrogens (tertiary/aromatic N) is 2. The molecule has 0 aliphatic heterocycles. The van der Waals surface area contributed by atoms with Crippen molar-refractivity contribution in [2.75, 3.05) is 6.54 Å². The van der Waals surface area contributed by atoms with Crippen LogP contribution in [0.1, 0.15) is 46.2 Å². The molecular weight excluding hydrogens is 210 g/mol. The molecule has 1 N–H and O–H groups in total. The zero-order valence-electron chi connectivity index (χ0n) is 11.7. The Morgan fingerprint density at radius 1 is 1.35 bits per heavy atom. The maximum atomic E-state index is 4.32. The second kappa shape index (κ2) is 7.49. The Hall–Kier alpha value is -0.830. The molecule has 3 nitrogen and oxygen atoms in total. The van der Waals surface area contributed by atoms with Crippen molar-refractivity contribution in [2.24, 2.45) is 5.92 Å². The Morgan fingerprint density at radius 3 is 2.71 bits per heavy atom. The van der Waals surface area contributed by atoms with Crippen LogP contribution in [0.4, 0.5) is 0 Å². The molecule has 1 aromatic heterocycles. The van der Waals surface area contributed by atoms with Gasteiger partial charge in [-0.25, -0.2) is 0 Å². The topological polar surface area (TPSA) is 29.9 Å². The first kappa shape index (κ1) is 14.2. The Kier molecular flexibility index (Phi) is 6.27. The van der Waals surface area contributed by atoms with Crippen molar-refractivity contribution in [1.29, 1.82) is 0 Å². The van der Waals surface area contributed by atoms with Crippen LogP contribution in [0, 0.1) is 5.92 Å². The molecule has 3 heteroatoms. The van der Waals surface area contributed by atoms with Crippen LogP contribution >= 0.6 is 0 Å². The highest BCUT2D eigenvalue weighted by atomic mass is 15.3. The summed E-state index contributed by atoms with van der Waals surface area (Å²) in [6.07, 6.45) is 5.43. The molecule has 0 bridgehead atoms. The average molecular weight is 237 g/mol. The molecule has 0 spiro atoms. The summed E-state index contributed by atoms with van der Waals surface area (Å²) in [7, 11) is 0. The van der Waals surface area contributed by atoms with E-state index in [0.29, 0.717) is 12.0 Å². The summed E-state index contributed by atoms with van der Waals surface area (Å²) in [5.74, 6) is 0.694. The second-order valence-corrected chi connectivity index (χ2v) is 4.98. The van der Waals surface area contributed by atoms with Gasteiger partial charge in [0.05, 0.1) is 0 Å². The van der Waals surface area contributed by atoms with Crippen molar-refractivity contribution in [2.45, 2.75) is 59.5 Å². The summed E-state index contributed by atoms with van der Waals surface area (Å²) < 4.78 is 2.09. The normalized spacial score (nSPS) is 13.2. The van der Waals surface area contributed by atoms with Gasteiger partial charge >= 0.3 is 0 Å². The molecule has 0 saturated heterocycles. The third-order valence-electron chi connectivity index (χ3n) is 3.28. The highest BCUT2D eigenvalue weighted by Gasteiger charge is 2.13. The van der Waals surface area contributed by atoms with E-state index in [2.05, 4.69) is 48.9 Å². The van der Waals surface area contributed by atoms with Gasteiger partial charge in [0.2, 0.25) is 0 Å².